The number of methoxy groups -OCH3 is 1. The van der Waals surface area contributed by atoms with Crippen LogP contribution in [0.5, 0.6) is 11.5 Å². The Hall–Kier alpha value is -2.98. The molecule has 1 aliphatic heterocycles. The molecule has 2 aromatic carbocycles. The highest BCUT2D eigenvalue weighted by Crippen LogP contribution is 2.42. The lowest BCUT2D eigenvalue weighted by molar-refractivity contribution is -0.113. The topological polar surface area (TPSA) is 101 Å². The molecule has 3 N–H and O–H groups in total. The van der Waals surface area contributed by atoms with E-state index in [-0.39, 0.29) is 11.7 Å². The highest BCUT2D eigenvalue weighted by Gasteiger charge is 2.35. The molecule has 8 nitrogen and oxygen atoms in total. The van der Waals surface area contributed by atoms with Crippen LogP contribution in [0.2, 0.25) is 0 Å². The van der Waals surface area contributed by atoms with Crippen LogP contribution in [0.25, 0.3) is 0 Å². The first-order chi connectivity index (χ1) is 16.8. The second-order valence-electron chi connectivity index (χ2n) is 8.31. The molecule has 1 unspecified atom stereocenters. The lowest BCUT2D eigenvalue weighted by atomic mass is 9.94. The summed E-state index contributed by atoms with van der Waals surface area (Å²) in [5.41, 5.74) is 3.64. The van der Waals surface area contributed by atoms with Crippen molar-refractivity contribution in [2.45, 2.75) is 44.8 Å². The van der Waals surface area contributed by atoms with Crippen LogP contribution in [0.1, 0.15) is 43.9 Å². The summed E-state index contributed by atoms with van der Waals surface area (Å²) in [7, 11) is 1.49. The Kier molecular flexibility index (Phi) is 7.71. The average molecular weight is 559 g/mol. The molecule has 1 aliphatic rings. The van der Waals surface area contributed by atoms with Crippen LogP contribution in [-0.2, 0) is 4.79 Å². The van der Waals surface area contributed by atoms with Gasteiger partial charge in [-0.15, -0.1) is 5.10 Å². The van der Waals surface area contributed by atoms with Gasteiger partial charge in [0.1, 0.15) is 6.04 Å². The maximum Gasteiger partial charge on any atom is 0.255 e. The smallest absolute Gasteiger partial charge is 0.255 e. The molecular formula is C25H28BrN5O3S. The van der Waals surface area contributed by atoms with Crippen LogP contribution in [0.4, 0.5) is 11.6 Å². The molecule has 0 aliphatic carbocycles. The van der Waals surface area contributed by atoms with E-state index < -0.39 is 6.04 Å². The summed E-state index contributed by atoms with van der Waals surface area (Å²) in [6, 6.07) is 10.6. The maximum absolute atomic E-state index is 13.6. The second-order valence-corrected chi connectivity index (χ2v) is 10.2. The van der Waals surface area contributed by atoms with E-state index in [1.807, 2.05) is 38.1 Å². The summed E-state index contributed by atoms with van der Waals surface area (Å²) in [6.07, 6.45) is 2.15. The predicted octanol–water partition coefficient (Wildman–Crippen LogP) is 5.88. The molecule has 0 saturated heterocycles. The minimum atomic E-state index is -0.588. The highest BCUT2D eigenvalue weighted by molar-refractivity contribution is 9.10. The number of ether oxygens (including phenoxy) is 1. The van der Waals surface area contributed by atoms with Gasteiger partial charge in [-0.05, 0) is 71.6 Å². The van der Waals surface area contributed by atoms with Gasteiger partial charge >= 0.3 is 0 Å². The van der Waals surface area contributed by atoms with Crippen molar-refractivity contribution in [1.29, 1.82) is 0 Å². The van der Waals surface area contributed by atoms with Gasteiger partial charge < -0.3 is 20.5 Å². The quantitative estimate of drug-likeness (QED) is 0.234. The molecule has 0 saturated carbocycles. The van der Waals surface area contributed by atoms with E-state index in [1.54, 1.807) is 28.6 Å². The van der Waals surface area contributed by atoms with E-state index in [4.69, 9.17) is 9.84 Å². The minimum absolute atomic E-state index is 0.00808. The fourth-order valence-electron chi connectivity index (χ4n) is 3.93. The number of carbonyl (C=O) groups excluding carboxylic acids is 1. The highest BCUT2D eigenvalue weighted by atomic mass is 79.9. The number of phenols is 1. The van der Waals surface area contributed by atoms with E-state index in [0.717, 1.165) is 29.7 Å². The molecule has 184 valence electrons. The third kappa shape index (κ3) is 5.33. The van der Waals surface area contributed by atoms with Crippen molar-refractivity contribution in [2.24, 2.45) is 0 Å². The zero-order valence-electron chi connectivity index (χ0n) is 20.1. The largest absolute Gasteiger partial charge is 0.503 e. The van der Waals surface area contributed by atoms with Gasteiger partial charge in [-0.2, -0.15) is 4.98 Å². The normalized spacial score (nSPS) is 14.9. The molecule has 35 heavy (non-hydrogen) atoms. The number of fused-ring (bicyclic) bond motifs is 1. The number of allylic oxidation sites excluding steroid dienone is 1. The number of hydrogen-bond acceptors (Lipinski definition) is 7. The SMILES string of the molecule is CCCCSc1nc2n(n1)C(c1cc(Br)c(O)c(OC)c1)C(C(=O)Nc1cccc(C)c1)=C(C)N2. The molecule has 1 aromatic heterocycles. The summed E-state index contributed by atoms with van der Waals surface area (Å²) >= 11 is 5.00. The molecule has 1 atom stereocenters. The molecular weight excluding hydrogens is 530 g/mol. The first-order valence-electron chi connectivity index (χ1n) is 11.3. The van der Waals surface area contributed by atoms with Crippen molar-refractivity contribution in [3.8, 4) is 11.5 Å². The van der Waals surface area contributed by atoms with Crippen molar-refractivity contribution in [2.75, 3.05) is 23.5 Å². The van der Waals surface area contributed by atoms with Gasteiger partial charge in [-0.3, -0.25) is 4.79 Å². The first kappa shape index (κ1) is 25.1. The average Bonchev–Trinajstić information content (AvgIpc) is 3.22. The molecule has 0 bridgehead atoms. The molecule has 2 heterocycles. The summed E-state index contributed by atoms with van der Waals surface area (Å²) in [5, 5.41) is 22.0. The van der Waals surface area contributed by atoms with Crippen LogP contribution in [0.15, 0.2) is 57.3 Å². The van der Waals surface area contributed by atoms with Crippen molar-refractivity contribution in [3.05, 3.63) is 63.3 Å². The Labute approximate surface area is 217 Å². The standard InChI is InChI=1S/C25H28BrN5O3S/c1-5-6-10-35-25-29-24-27-15(3)20(23(33)28-17-9-7-8-14(2)11-17)21(31(24)30-25)16-12-18(26)22(32)19(13-16)34-4/h7-9,11-13,21,32H,5-6,10H2,1-4H3,(H,28,33)(H,27,29,30). The number of aromatic hydroxyl groups is 1. The van der Waals surface area contributed by atoms with Crippen molar-refractivity contribution in [3.63, 3.8) is 0 Å². The summed E-state index contributed by atoms with van der Waals surface area (Å²) in [5.74, 6) is 1.50. The maximum atomic E-state index is 13.6. The van der Waals surface area contributed by atoms with Gasteiger partial charge in [0.2, 0.25) is 11.1 Å². The lowest BCUT2D eigenvalue weighted by Gasteiger charge is -2.29. The van der Waals surface area contributed by atoms with Gasteiger partial charge in [0.25, 0.3) is 5.91 Å². The Morgan fingerprint density at radius 2 is 2.11 bits per heavy atom. The number of rotatable bonds is 8. The Morgan fingerprint density at radius 3 is 2.83 bits per heavy atom. The number of nitrogens with one attached hydrogen (secondary N) is 2. The third-order valence-electron chi connectivity index (χ3n) is 5.67. The molecule has 1 amide bonds. The zero-order valence-corrected chi connectivity index (χ0v) is 22.5. The van der Waals surface area contributed by atoms with Crippen LogP contribution < -0.4 is 15.4 Å². The molecule has 10 heteroatoms. The number of amides is 1. The molecule has 0 spiro atoms. The van der Waals surface area contributed by atoms with Crippen LogP contribution in [0.3, 0.4) is 0 Å². The van der Waals surface area contributed by atoms with Gasteiger partial charge in [0, 0.05) is 17.1 Å². The number of benzene rings is 2. The zero-order chi connectivity index (χ0) is 25.1. The number of hydrogen-bond donors (Lipinski definition) is 3. The van der Waals surface area contributed by atoms with E-state index in [1.165, 1.54) is 7.11 Å². The summed E-state index contributed by atoms with van der Waals surface area (Å²) < 4.78 is 7.57. The number of thioether (sulfide) groups is 1. The fourth-order valence-corrected chi connectivity index (χ4v) is 5.30. The molecule has 0 radical (unpaired) electrons. The molecule has 4 rings (SSSR count). The Morgan fingerprint density at radius 1 is 1.31 bits per heavy atom. The van der Waals surface area contributed by atoms with Gasteiger partial charge in [-0.1, -0.05) is 37.2 Å². The Balaban J connectivity index is 1.80. The third-order valence-corrected chi connectivity index (χ3v) is 7.20. The number of carbonyl (C=O) groups is 1. The van der Waals surface area contributed by atoms with E-state index in [0.29, 0.717) is 38.3 Å². The number of nitrogens with zero attached hydrogens (tertiary/aromatic N) is 3. The number of anilines is 2. The lowest BCUT2D eigenvalue weighted by Crippen LogP contribution is -2.31. The number of aryl methyl sites for hydroxylation is 1. The number of unbranched alkanes of at least 4 members (excludes halogenated alkanes) is 1. The number of aromatic nitrogens is 3. The van der Waals surface area contributed by atoms with Gasteiger partial charge in [-0.25, -0.2) is 4.68 Å². The summed E-state index contributed by atoms with van der Waals surface area (Å²) in [4.78, 5) is 18.3. The minimum Gasteiger partial charge on any atom is -0.503 e. The first-order valence-corrected chi connectivity index (χ1v) is 13.1. The van der Waals surface area contributed by atoms with E-state index >= 15 is 0 Å². The summed E-state index contributed by atoms with van der Waals surface area (Å²) in [6.45, 7) is 5.98. The van der Waals surface area contributed by atoms with E-state index in [2.05, 4.69) is 38.5 Å². The van der Waals surface area contributed by atoms with Crippen molar-refractivity contribution < 1.29 is 14.6 Å². The Bertz CT molecular complexity index is 1290. The monoisotopic (exact) mass is 557 g/mol. The molecule has 0 fully saturated rings. The fraction of sp³-hybridized carbons (Fsp3) is 0.320. The number of halogens is 1. The van der Waals surface area contributed by atoms with Crippen LogP contribution in [-0.4, -0.2) is 38.6 Å². The van der Waals surface area contributed by atoms with Crippen LogP contribution >= 0.6 is 27.7 Å². The van der Waals surface area contributed by atoms with E-state index in [9.17, 15) is 9.90 Å². The van der Waals surface area contributed by atoms with Gasteiger partial charge in [0.15, 0.2) is 11.5 Å². The van der Waals surface area contributed by atoms with Crippen molar-refractivity contribution in [1.82, 2.24) is 14.8 Å². The van der Waals surface area contributed by atoms with Crippen LogP contribution in [0, 0.1) is 6.92 Å². The predicted molar refractivity (Wildman–Crippen MR) is 142 cm³/mol. The molecule has 3 aromatic rings. The van der Waals surface area contributed by atoms with Gasteiger partial charge in [0.05, 0.1) is 17.2 Å². The second kappa shape index (κ2) is 10.7. The van der Waals surface area contributed by atoms with Crippen molar-refractivity contribution >= 4 is 45.2 Å². The number of phenolic OH excluding ortho intramolecular Hbond substituents is 1.